The van der Waals surface area contributed by atoms with Crippen molar-refractivity contribution in [2.24, 2.45) is 0 Å². The van der Waals surface area contributed by atoms with Crippen molar-refractivity contribution < 1.29 is 0 Å². The van der Waals surface area contributed by atoms with Gasteiger partial charge in [-0.15, -0.1) is 0 Å². The minimum atomic E-state index is 1.06. The van der Waals surface area contributed by atoms with E-state index >= 15 is 0 Å². The van der Waals surface area contributed by atoms with E-state index < -0.39 is 0 Å². The Morgan fingerprint density at radius 3 is 1.44 bits per heavy atom. The van der Waals surface area contributed by atoms with Gasteiger partial charge in [-0.3, -0.25) is 0 Å². The Morgan fingerprint density at radius 1 is 0.266 bits per heavy atom. The van der Waals surface area contributed by atoms with E-state index in [1.807, 2.05) is 0 Å². The monoisotopic (exact) mass is 814 g/mol. The molecule has 64 heavy (non-hydrogen) atoms. The van der Waals surface area contributed by atoms with Gasteiger partial charge in [-0.2, -0.15) is 0 Å². The summed E-state index contributed by atoms with van der Waals surface area (Å²) in [4.78, 5) is 2.50. The average molecular weight is 815 g/mol. The summed E-state index contributed by atoms with van der Waals surface area (Å²) in [5.74, 6) is 0. The number of para-hydroxylation sites is 2. The molecular formula is C62H42N2. The second-order valence-corrected chi connectivity index (χ2v) is 16.6. The summed E-state index contributed by atoms with van der Waals surface area (Å²) >= 11 is 0. The minimum Gasteiger partial charge on any atom is -0.310 e. The summed E-state index contributed by atoms with van der Waals surface area (Å²) in [5, 5.41) is 7.34. The van der Waals surface area contributed by atoms with E-state index in [1.165, 1.54) is 54.5 Å². The zero-order valence-corrected chi connectivity index (χ0v) is 35.1. The number of fused-ring (bicyclic) bond motifs is 5. The van der Waals surface area contributed by atoms with Crippen molar-refractivity contribution in [2.75, 3.05) is 4.90 Å². The molecule has 11 aromatic carbocycles. The van der Waals surface area contributed by atoms with Crippen molar-refractivity contribution in [3.05, 3.63) is 255 Å². The largest absolute Gasteiger partial charge is 0.310 e. The van der Waals surface area contributed by atoms with E-state index in [1.54, 1.807) is 0 Å². The molecule has 12 rings (SSSR count). The SMILES string of the molecule is c1ccc(-c2ccc(-c3ccccc3)c(N(c3cc(-c4ccc5ccccc5c4)cc(-c4ccc5ccccc5c4)c3)c3ccc4c5ccccc5n(-c5ccccc5)c4c3)c2)cc1. The molecule has 0 bridgehead atoms. The summed E-state index contributed by atoms with van der Waals surface area (Å²) in [5.41, 5.74) is 15.9. The Balaban J connectivity index is 1.18. The number of anilines is 3. The Morgan fingerprint density at radius 2 is 0.781 bits per heavy atom. The van der Waals surface area contributed by atoms with Crippen LogP contribution in [-0.4, -0.2) is 4.57 Å². The molecule has 0 N–H and O–H groups in total. The van der Waals surface area contributed by atoms with E-state index in [-0.39, 0.29) is 0 Å². The van der Waals surface area contributed by atoms with Gasteiger partial charge in [0.25, 0.3) is 0 Å². The van der Waals surface area contributed by atoms with Crippen LogP contribution in [0.25, 0.3) is 93.5 Å². The highest BCUT2D eigenvalue weighted by atomic mass is 15.1. The Kier molecular flexibility index (Phi) is 9.20. The van der Waals surface area contributed by atoms with Crippen LogP contribution in [0.3, 0.4) is 0 Å². The van der Waals surface area contributed by atoms with Crippen molar-refractivity contribution in [3.63, 3.8) is 0 Å². The molecule has 0 aliphatic carbocycles. The van der Waals surface area contributed by atoms with Gasteiger partial charge in [-0.25, -0.2) is 0 Å². The van der Waals surface area contributed by atoms with E-state index in [0.29, 0.717) is 0 Å². The lowest BCUT2D eigenvalue weighted by atomic mass is 9.93. The molecule has 1 heterocycles. The van der Waals surface area contributed by atoms with Crippen molar-refractivity contribution in [2.45, 2.75) is 0 Å². The van der Waals surface area contributed by atoms with Crippen molar-refractivity contribution in [3.8, 4) is 50.2 Å². The van der Waals surface area contributed by atoms with Crippen LogP contribution in [0.15, 0.2) is 255 Å². The number of hydrogen-bond donors (Lipinski definition) is 0. The topological polar surface area (TPSA) is 8.17 Å². The fraction of sp³-hybridized carbons (Fsp3) is 0. The quantitative estimate of drug-likeness (QED) is 0.148. The number of hydrogen-bond acceptors (Lipinski definition) is 1. The molecule has 0 saturated carbocycles. The van der Waals surface area contributed by atoms with Crippen molar-refractivity contribution >= 4 is 60.4 Å². The first kappa shape index (κ1) is 37.3. The summed E-state index contributed by atoms with van der Waals surface area (Å²) in [6.07, 6.45) is 0. The van der Waals surface area contributed by atoms with Crippen LogP contribution in [0.1, 0.15) is 0 Å². The van der Waals surface area contributed by atoms with Gasteiger partial charge in [0, 0.05) is 33.4 Å². The molecule has 2 heteroatoms. The van der Waals surface area contributed by atoms with Gasteiger partial charge >= 0.3 is 0 Å². The first-order valence-corrected chi connectivity index (χ1v) is 22.0. The molecule has 0 radical (unpaired) electrons. The number of benzene rings is 11. The first-order valence-electron chi connectivity index (χ1n) is 22.0. The summed E-state index contributed by atoms with van der Waals surface area (Å²) < 4.78 is 2.41. The van der Waals surface area contributed by atoms with Gasteiger partial charge in [-0.05, 0) is 127 Å². The highest BCUT2D eigenvalue weighted by Crippen LogP contribution is 2.47. The average Bonchev–Trinajstić information content (AvgIpc) is 3.70. The standard InChI is InChI=1S/C62H42N2/c1-4-16-43(17-5-1)51-32-34-57(46-20-6-2-7-21-46)61(41-51)63(55-33-35-59-58-26-14-15-27-60(58)64(62(59)42-55)54-24-8-3-9-25-54)56-39-52(49-30-28-44-18-10-12-22-47(44)36-49)38-53(40-56)50-31-29-45-19-11-13-23-48(45)37-50/h1-42H. The molecule has 300 valence electrons. The Bertz CT molecular complexity index is 3560. The van der Waals surface area contributed by atoms with E-state index in [9.17, 15) is 0 Å². The molecule has 0 fully saturated rings. The van der Waals surface area contributed by atoms with Crippen LogP contribution in [0, 0.1) is 0 Å². The molecule has 12 aromatic rings. The third-order valence-corrected chi connectivity index (χ3v) is 12.7. The highest BCUT2D eigenvalue weighted by Gasteiger charge is 2.23. The predicted octanol–water partition coefficient (Wildman–Crippen LogP) is 17.2. The van der Waals surface area contributed by atoms with Crippen LogP contribution in [0.4, 0.5) is 17.1 Å². The lowest BCUT2D eigenvalue weighted by molar-refractivity contribution is 1.18. The second kappa shape index (κ2) is 15.8. The third-order valence-electron chi connectivity index (χ3n) is 12.7. The van der Waals surface area contributed by atoms with E-state index in [0.717, 1.165) is 56.1 Å². The van der Waals surface area contributed by atoms with Gasteiger partial charge < -0.3 is 9.47 Å². The van der Waals surface area contributed by atoms with Gasteiger partial charge in [0.2, 0.25) is 0 Å². The third kappa shape index (κ3) is 6.70. The Labute approximate surface area is 373 Å². The summed E-state index contributed by atoms with van der Waals surface area (Å²) in [6.45, 7) is 0. The fourth-order valence-corrected chi connectivity index (χ4v) is 9.58. The van der Waals surface area contributed by atoms with Gasteiger partial charge in [0.1, 0.15) is 0 Å². The van der Waals surface area contributed by atoms with E-state index in [2.05, 4.69) is 264 Å². The smallest absolute Gasteiger partial charge is 0.0561 e. The van der Waals surface area contributed by atoms with Crippen LogP contribution in [0.2, 0.25) is 0 Å². The summed E-state index contributed by atoms with van der Waals surface area (Å²) in [6, 6.07) is 93.1. The van der Waals surface area contributed by atoms with Gasteiger partial charge in [0.05, 0.1) is 16.7 Å². The predicted molar refractivity (Wildman–Crippen MR) is 272 cm³/mol. The normalized spacial score (nSPS) is 11.4. The van der Waals surface area contributed by atoms with Crippen LogP contribution in [-0.2, 0) is 0 Å². The molecular weight excluding hydrogens is 773 g/mol. The maximum Gasteiger partial charge on any atom is 0.0561 e. The molecule has 0 aliphatic heterocycles. The highest BCUT2D eigenvalue weighted by molar-refractivity contribution is 6.11. The molecule has 0 amide bonds. The molecule has 2 nitrogen and oxygen atoms in total. The molecule has 0 unspecified atom stereocenters. The summed E-state index contributed by atoms with van der Waals surface area (Å²) in [7, 11) is 0. The lowest BCUT2D eigenvalue weighted by Gasteiger charge is -2.30. The number of nitrogens with zero attached hydrogens (tertiary/aromatic N) is 2. The fourth-order valence-electron chi connectivity index (χ4n) is 9.58. The van der Waals surface area contributed by atoms with E-state index in [4.69, 9.17) is 0 Å². The lowest BCUT2D eigenvalue weighted by Crippen LogP contribution is -2.12. The molecule has 0 spiro atoms. The molecule has 0 aliphatic rings. The second-order valence-electron chi connectivity index (χ2n) is 16.6. The minimum absolute atomic E-state index is 1.06. The van der Waals surface area contributed by atoms with Crippen LogP contribution >= 0.6 is 0 Å². The number of rotatable bonds is 8. The molecule has 0 saturated heterocycles. The van der Waals surface area contributed by atoms with Crippen molar-refractivity contribution in [1.82, 2.24) is 4.57 Å². The van der Waals surface area contributed by atoms with Gasteiger partial charge in [0.15, 0.2) is 0 Å². The first-order chi connectivity index (χ1) is 31.7. The zero-order valence-electron chi connectivity index (χ0n) is 35.1. The molecule has 0 atom stereocenters. The molecule has 1 aromatic heterocycles. The zero-order chi connectivity index (χ0) is 42.4. The maximum atomic E-state index is 2.50. The van der Waals surface area contributed by atoms with Crippen LogP contribution < -0.4 is 4.90 Å². The van der Waals surface area contributed by atoms with Crippen molar-refractivity contribution in [1.29, 1.82) is 0 Å². The maximum absolute atomic E-state index is 2.50. The van der Waals surface area contributed by atoms with Gasteiger partial charge in [-0.1, -0.05) is 188 Å². The van der Waals surface area contributed by atoms with Crippen LogP contribution in [0.5, 0.6) is 0 Å². The Hall–Kier alpha value is -8.46. The number of aromatic nitrogens is 1.